The summed E-state index contributed by atoms with van der Waals surface area (Å²) in [4.78, 5) is 208. The Bertz CT molecular complexity index is 6070. The van der Waals surface area contributed by atoms with E-state index >= 15 is 0 Å². The SMILES string of the molecule is CNC(=O)CCC(=O)OCC(=O)[C@]1(O)Cc2c(O)c3c(c(O)c2[C@@H](OC2CC(N)C(NC(=O)CCC(=O)OCC(=O)[C@]4(O)Cc5c(O)c6c(c(O)c5[C@@H](OC5CC(N)C(NC(=O)CCC(=O)OCC(=O)[C@]7(O)Cc8c(O)c9c(c(O)c8[C@@H](OC8CC(N)C(O)C(C)O8)C7)C(=O)c7c(OC)cccc7C9=O)C(C)O5)C4)C(=O)c4c(OC)cccc4C6=O)C(C)O2)C1)C(=O)c1c(OC)cccc1C3=O. The number of hydrogen-bond donors (Lipinski definition) is 16. The molecule has 0 saturated carbocycles. The lowest BCUT2D eigenvalue weighted by molar-refractivity contribution is -0.247. The minimum atomic E-state index is -2.75. The van der Waals surface area contributed by atoms with Crippen LogP contribution in [0.15, 0.2) is 54.6 Å². The first-order chi connectivity index (χ1) is 64.9. The van der Waals surface area contributed by atoms with Crippen molar-refractivity contribution < 1.29 is 180 Å². The molecule has 6 aromatic carbocycles. The van der Waals surface area contributed by atoms with Crippen molar-refractivity contribution in [2.45, 2.75) is 226 Å². The Morgan fingerprint density at radius 1 is 0.387 bits per heavy atom. The van der Waals surface area contributed by atoms with Crippen LogP contribution in [-0.2, 0) is 105 Å². The van der Waals surface area contributed by atoms with E-state index in [1.807, 2.05) is 0 Å². The molecule has 6 aromatic rings. The standard InChI is InChI=1S/C94H100N6O37/c1-35-77(44(95)23-62(132-35)135-50-29-92(123,53(101)32-129-59(107)20-17-56(104)98-4)26-41-68(50)89(120)74-71(83(41)114)80(111)38-11-8-14-47(126-5)65(38)86(74)117)99-57(105)18-21-60(108)130-33-54(102)93(124)27-42-69(90(121)75-72(84(42)115)81(112)39-12-9-15-48(127-6)66(39)87(75)118)51(30-93)136-63-24-45(96)78(36(2)133-63)100-58(106)19-22-61(109)131-34-55(103)94(125)28-43-70(52(31-94)137-64-25-46(97)79(110)37(3)134-64)91(122)76-73(85(43)116)82(113)40-13-10-16-49(128-7)67(40)88(76)119/h8-16,35-37,44-46,50-52,62-64,77-79,110,114-116,120-125H,17-34,95-97H2,1-7H3,(H,98,104)(H,99,105)(H,100,106)/t35?,36?,37?,44?,45?,46?,50-,51-,52-,62?,63?,64?,77?,78?,79?,92-,93-,94-/m0/s1. The number of esters is 3. The third-order valence-electron chi connectivity index (χ3n) is 26.8. The monoisotopic (exact) mass is 1900 g/mol. The number of hydrogen-bond acceptors (Lipinski definition) is 40. The Kier molecular flexibility index (Phi) is 27.6. The van der Waals surface area contributed by atoms with E-state index in [0.29, 0.717) is 0 Å². The van der Waals surface area contributed by atoms with E-state index in [4.69, 9.17) is 74.0 Å². The number of phenolic OH excluding ortho intramolecular Hbond substituents is 6. The molecule has 12 unspecified atom stereocenters. The van der Waals surface area contributed by atoms with Gasteiger partial charge in [0.2, 0.25) is 52.4 Å². The number of carbonyl (C=O) groups is 15. The fourth-order valence-corrected chi connectivity index (χ4v) is 19.6. The summed E-state index contributed by atoms with van der Waals surface area (Å²) in [7, 11) is 5.05. The zero-order valence-electron chi connectivity index (χ0n) is 74.8. The highest BCUT2D eigenvalue weighted by molar-refractivity contribution is 6.34. The van der Waals surface area contributed by atoms with Gasteiger partial charge in [0.15, 0.2) is 56.0 Å². The van der Waals surface area contributed by atoms with Crippen LogP contribution in [0.3, 0.4) is 0 Å². The van der Waals surface area contributed by atoms with E-state index in [-0.39, 0.29) is 87.4 Å². The maximum atomic E-state index is 14.6. The highest BCUT2D eigenvalue weighted by atomic mass is 16.7. The van der Waals surface area contributed by atoms with Gasteiger partial charge in [0.05, 0.1) is 145 Å². The molecule has 137 heavy (non-hydrogen) atoms. The van der Waals surface area contributed by atoms with Crippen LogP contribution < -0.4 is 47.4 Å². The number of aromatic hydroxyl groups is 6. The van der Waals surface area contributed by atoms with Crippen LogP contribution in [0.4, 0.5) is 0 Å². The Morgan fingerprint density at radius 3 is 0.942 bits per heavy atom. The quantitative estimate of drug-likeness (QED) is 0.0177. The number of methoxy groups -OCH3 is 3. The number of aliphatic hydroxyl groups is 4. The van der Waals surface area contributed by atoms with Crippen LogP contribution in [0, 0.1) is 0 Å². The van der Waals surface area contributed by atoms with Gasteiger partial charge >= 0.3 is 17.9 Å². The van der Waals surface area contributed by atoms with E-state index in [1.165, 1.54) is 104 Å². The molecule has 43 heteroatoms. The van der Waals surface area contributed by atoms with Crippen molar-refractivity contribution in [3.8, 4) is 51.7 Å². The predicted molar refractivity (Wildman–Crippen MR) is 460 cm³/mol. The van der Waals surface area contributed by atoms with Gasteiger partial charge in [0, 0.05) is 152 Å². The summed E-state index contributed by atoms with van der Waals surface area (Å²) in [6, 6.07) is 6.97. The maximum absolute atomic E-state index is 14.6. The average Bonchev–Trinajstić information content (AvgIpc) is 0.716. The Morgan fingerprint density at radius 2 is 0.664 bits per heavy atom. The molecule has 3 aliphatic heterocycles. The van der Waals surface area contributed by atoms with Crippen molar-refractivity contribution in [2.24, 2.45) is 17.2 Å². The number of ketones is 9. The van der Waals surface area contributed by atoms with Crippen LogP contribution in [0.5, 0.6) is 51.7 Å². The number of ether oxygens (including phenoxy) is 12. The van der Waals surface area contributed by atoms with E-state index in [9.17, 15) is 123 Å². The molecule has 43 nitrogen and oxygen atoms in total. The molecule has 19 N–H and O–H groups in total. The lowest BCUT2D eigenvalue weighted by Gasteiger charge is -2.43. The number of nitrogens with two attached hydrogens (primary N) is 3. The summed E-state index contributed by atoms with van der Waals surface area (Å²) in [6.45, 7) is 0.981. The number of phenols is 6. The minimum Gasteiger partial charge on any atom is -0.507 e. The summed E-state index contributed by atoms with van der Waals surface area (Å²) in [5, 5.41) is 128. The largest absolute Gasteiger partial charge is 0.507 e. The lowest BCUT2D eigenvalue weighted by Crippen LogP contribution is -2.60. The minimum absolute atomic E-state index is 0.0225. The molecule has 0 spiro atoms. The van der Waals surface area contributed by atoms with Gasteiger partial charge in [-0.3, -0.25) is 71.9 Å². The summed E-state index contributed by atoms with van der Waals surface area (Å²) >= 11 is 0. The molecule has 18 atom stereocenters. The van der Waals surface area contributed by atoms with E-state index in [0.717, 1.165) is 0 Å². The Labute approximate surface area is 777 Å². The summed E-state index contributed by atoms with van der Waals surface area (Å²) in [5.41, 5.74) is 3.88. The van der Waals surface area contributed by atoms with E-state index < -0.39 is 377 Å². The number of fused-ring (bicyclic) bond motifs is 9. The molecule has 728 valence electrons. The Balaban J connectivity index is 0.581. The van der Waals surface area contributed by atoms with Gasteiger partial charge in [-0.15, -0.1) is 0 Å². The summed E-state index contributed by atoms with van der Waals surface area (Å²) in [5.74, 6) is -20.3. The Hall–Kier alpha value is -13.2. The first kappa shape index (κ1) is 98.4. The molecular formula is C94H100N6O37. The van der Waals surface area contributed by atoms with Crippen LogP contribution >= 0.6 is 0 Å². The smallest absolute Gasteiger partial charge is 0.306 e. The number of aliphatic hydroxyl groups excluding tert-OH is 1. The van der Waals surface area contributed by atoms with Crippen molar-refractivity contribution in [2.75, 3.05) is 48.2 Å². The topological polar surface area (TPSA) is 683 Å². The molecule has 9 aliphatic rings. The zero-order chi connectivity index (χ0) is 99.1. The van der Waals surface area contributed by atoms with Gasteiger partial charge in [-0.2, -0.15) is 0 Å². The van der Waals surface area contributed by atoms with Gasteiger partial charge in [0.1, 0.15) is 68.5 Å². The van der Waals surface area contributed by atoms with E-state index in [2.05, 4.69) is 16.0 Å². The zero-order valence-corrected chi connectivity index (χ0v) is 74.8. The summed E-state index contributed by atoms with van der Waals surface area (Å²) < 4.78 is 69.3. The number of rotatable bonds is 29. The van der Waals surface area contributed by atoms with Crippen molar-refractivity contribution >= 4 is 87.7 Å². The number of Topliss-reactive ketones (excluding diaryl/α,β-unsaturated/α-hetero) is 3. The first-order valence-electron chi connectivity index (χ1n) is 43.9. The van der Waals surface area contributed by atoms with Crippen molar-refractivity contribution in [1.29, 1.82) is 0 Å². The van der Waals surface area contributed by atoms with Gasteiger partial charge in [0.25, 0.3) is 0 Å². The molecule has 0 radical (unpaired) electrons. The molecule has 3 heterocycles. The van der Waals surface area contributed by atoms with Gasteiger partial charge in [-0.1, -0.05) is 36.4 Å². The highest BCUT2D eigenvalue weighted by Gasteiger charge is 2.56. The maximum Gasteiger partial charge on any atom is 0.306 e. The molecule has 0 aromatic heterocycles. The normalized spacial score (nSPS) is 27.2. The summed E-state index contributed by atoms with van der Waals surface area (Å²) in [6.07, 6.45) is -22.8. The van der Waals surface area contributed by atoms with Crippen LogP contribution in [0.25, 0.3) is 0 Å². The van der Waals surface area contributed by atoms with Crippen LogP contribution in [0.1, 0.15) is 245 Å². The van der Waals surface area contributed by atoms with E-state index in [1.54, 1.807) is 0 Å². The number of amides is 3. The third-order valence-corrected chi connectivity index (χ3v) is 26.8. The molecule has 3 amide bonds. The average molecular weight is 1910 g/mol. The second-order valence-electron chi connectivity index (χ2n) is 35.4. The lowest BCUT2D eigenvalue weighted by atomic mass is 9.72. The number of carbonyl (C=O) groups excluding carboxylic acids is 15. The first-order valence-corrected chi connectivity index (χ1v) is 43.9. The fourth-order valence-electron chi connectivity index (χ4n) is 19.6. The predicted octanol–water partition coefficient (Wildman–Crippen LogP) is 1.02. The van der Waals surface area contributed by atoms with Crippen molar-refractivity contribution in [1.82, 2.24) is 16.0 Å². The third kappa shape index (κ3) is 18.1. The molecule has 0 bridgehead atoms. The van der Waals surface area contributed by atoms with Gasteiger partial charge in [-0.05, 0) is 39.0 Å². The molecular weight excluding hydrogens is 1810 g/mol. The van der Waals surface area contributed by atoms with Gasteiger partial charge in [-0.25, -0.2) is 0 Å². The molecule has 3 fully saturated rings. The fraction of sp³-hybridized carbons (Fsp3) is 0.457. The van der Waals surface area contributed by atoms with Crippen molar-refractivity contribution in [3.63, 3.8) is 0 Å². The second kappa shape index (κ2) is 38.4. The molecule has 6 aliphatic carbocycles. The van der Waals surface area contributed by atoms with Gasteiger partial charge < -0.3 is 141 Å². The van der Waals surface area contributed by atoms with Crippen LogP contribution in [0.2, 0.25) is 0 Å². The molecule has 3 saturated heterocycles. The molecule has 15 rings (SSSR count). The van der Waals surface area contributed by atoms with Crippen LogP contribution in [-0.4, -0.2) is 277 Å². The van der Waals surface area contributed by atoms with Crippen molar-refractivity contribution in [3.05, 3.63) is 155 Å². The number of benzene rings is 6. The highest BCUT2D eigenvalue weighted by Crippen LogP contribution is 2.58. The number of nitrogens with one attached hydrogen (secondary N) is 3. The second-order valence-corrected chi connectivity index (χ2v) is 35.4.